The van der Waals surface area contributed by atoms with Gasteiger partial charge in [-0.3, -0.25) is 0 Å². The summed E-state index contributed by atoms with van der Waals surface area (Å²) in [4.78, 5) is 3.82. The molecular formula is C18H16FN5O5PS4+. The van der Waals surface area contributed by atoms with Gasteiger partial charge in [0.2, 0.25) is 0 Å². The van der Waals surface area contributed by atoms with Crippen LogP contribution >= 0.6 is 42.7 Å². The molecule has 1 atom stereocenters. The van der Waals surface area contributed by atoms with E-state index in [4.69, 9.17) is 19.8 Å². The highest BCUT2D eigenvalue weighted by atomic mass is 32.2. The van der Waals surface area contributed by atoms with Crippen LogP contribution in [0.3, 0.4) is 0 Å². The zero-order valence-electron chi connectivity index (χ0n) is 17.2. The number of sulfonamides is 1. The lowest BCUT2D eigenvalue weighted by atomic mass is 10.2. The maximum absolute atomic E-state index is 13.6. The molecule has 0 saturated heterocycles. The molecular weight excluding hydrogens is 544 g/mol. The lowest BCUT2D eigenvalue weighted by Gasteiger charge is -2.00. The monoisotopic (exact) mass is 560 g/mol. The molecule has 2 aromatic heterocycles. The lowest BCUT2D eigenvalue weighted by molar-refractivity contribution is 0.282. The fourth-order valence-electron chi connectivity index (χ4n) is 2.51. The van der Waals surface area contributed by atoms with Crippen molar-refractivity contribution >= 4 is 62.1 Å². The van der Waals surface area contributed by atoms with E-state index in [0.717, 1.165) is 55.7 Å². The summed E-state index contributed by atoms with van der Waals surface area (Å²) in [5, 5.41) is 12.2. The number of thiophene rings is 2. The number of thioether (sulfide) groups is 1. The van der Waals surface area contributed by atoms with Gasteiger partial charge < -0.3 is 0 Å². The fourth-order valence-corrected chi connectivity index (χ4v) is 7.89. The summed E-state index contributed by atoms with van der Waals surface area (Å²) in [5.74, 6) is 0.685. The van der Waals surface area contributed by atoms with Crippen molar-refractivity contribution < 1.29 is 26.4 Å². The maximum Gasteiger partial charge on any atom is 0.751 e. The highest BCUT2D eigenvalue weighted by molar-refractivity contribution is 7.98. The standard InChI is InChI=1S/C18H16FN5O5PS4/c19-15-6-13(3-2-12(15)9-20)29-30(25)28-11-23-34(26,27)18-8-17-16(33-18)7-14(32-17)10-31-5-1-4-22-24-21/h2-3,6-8,23H,1,4-5,10-11H2/q+1. The minimum atomic E-state index is -3.89. The Kier molecular flexibility index (Phi) is 9.63. The second-order valence-corrected chi connectivity index (χ2v) is 12.6. The third-order valence-corrected chi connectivity index (χ3v) is 10.1. The summed E-state index contributed by atoms with van der Waals surface area (Å²) in [6.07, 6.45) is 0.797. The van der Waals surface area contributed by atoms with Crippen molar-refractivity contribution in [2.75, 3.05) is 19.0 Å². The molecule has 10 nitrogen and oxygen atoms in total. The molecule has 0 bridgehead atoms. The number of halogens is 1. The van der Waals surface area contributed by atoms with Crippen molar-refractivity contribution in [3.63, 3.8) is 0 Å². The third kappa shape index (κ3) is 7.36. The first kappa shape index (κ1) is 26.3. The molecule has 0 radical (unpaired) electrons. The Hall–Kier alpha value is -2.27. The van der Waals surface area contributed by atoms with Gasteiger partial charge in [-0.15, -0.1) is 22.7 Å². The van der Waals surface area contributed by atoms with Crippen molar-refractivity contribution in [2.45, 2.75) is 16.4 Å². The molecule has 2 heterocycles. The minimum Gasteiger partial charge on any atom is -0.229 e. The summed E-state index contributed by atoms with van der Waals surface area (Å²) in [6, 6.07) is 8.45. The van der Waals surface area contributed by atoms with Gasteiger partial charge in [-0.2, -0.15) is 21.7 Å². The number of nitriles is 1. The average molecular weight is 561 g/mol. The Labute approximate surface area is 207 Å². The zero-order valence-corrected chi connectivity index (χ0v) is 21.4. The van der Waals surface area contributed by atoms with Crippen LogP contribution in [-0.4, -0.2) is 27.4 Å². The Morgan fingerprint density at radius 3 is 2.79 bits per heavy atom. The van der Waals surface area contributed by atoms with Crippen LogP contribution in [0, 0.1) is 17.1 Å². The van der Waals surface area contributed by atoms with Gasteiger partial charge in [-0.25, -0.2) is 17.3 Å². The van der Waals surface area contributed by atoms with Gasteiger partial charge in [0.05, 0.1) is 5.56 Å². The molecule has 0 aliphatic carbocycles. The molecule has 0 amide bonds. The molecule has 16 heteroatoms. The topological polar surface area (TPSA) is 154 Å². The largest absolute Gasteiger partial charge is 0.751 e. The molecule has 1 aromatic carbocycles. The van der Waals surface area contributed by atoms with Gasteiger partial charge in [0.25, 0.3) is 10.0 Å². The number of fused-ring (bicyclic) bond motifs is 1. The summed E-state index contributed by atoms with van der Waals surface area (Å²) >= 11 is 4.32. The van der Waals surface area contributed by atoms with E-state index in [2.05, 4.69) is 14.7 Å². The van der Waals surface area contributed by atoms with E-state index in [0.29, 0.717) is 6.54 Å². The molecule has 0 aliphatic rings. The first-order valence-corrected chi connectivity index (χ1v) is 14.8. The molecule has 0 spiro atoms. The van der Waals surface area contributed by atoms with E-state index in [1.165, 1.54) is 17.4 Å². The van der Waals surface area contributed by atoms with Crippen molar-refractivity contribution in [1.82, 2.24) is 4.72 Å². The minimum absolute atomic E-state index is 0.0937. The van der Waals surface area contributed by atoms with Gasteiger partial charge in [0.1, 0.15) is 16.1 Å². The predicted octanol–water partition coefficient (Wildman–Crippen LogP) is 5.90. The number of rotatable bonds is 13. The quantitative estimate of drug-likeness (QED) is 0.0682. The maximum atomic E-state index is 13.6. The van der Waals surface area contributed by atoms with Crippen molar-refractivity contribution in [2.24, 2.45) is 5.11 Å². The van der Waals surface area contributed by atoms with Gasteiger partial charge in [0.15, 0.2) is 12.5 Å². The summed E-state index contributed by atoms with van der Waals surface area (Å²) in [5.41, 5.74) is 8.05. The van der Waals surface area contributed by atoms with Crippen LogP contribution in [0.25, 0.3) is 19.8 Å². The third-order valence-electron chi connectivity index (χ3n) is 4.01. The Morgan fingerprint density at radius 2 is 2.09 bits per heavy atom. The van der Waals surface area contributed by atoms with Gasteiger partial charge >= 0.3 is 8.25 Å². The van der Waals surface area contributed by atoms with E-state index in [-0.39, 0.29) is 15.5 Å². The fraction of sp³-hybridized carbons (Fsp3) is 0.278. The number of nitrogens with zero attached hydrogens (tertiary/aromatic N) is 4. The molecule has 0 fully saturated rings. The summed E-state index contributed by atoms with van der Waals surface area (Å²) < 4.78 is 64.1. The number of azide groups is 1. The Morgan fingerprint density at radius 1 is 1.29 bits per heavy atom. The van der Waals surface area contributed by atoms with Gasteiger partial charge in [-0.05, 0) is 42.0 Å². The lowest BCUT2D eigenvalue weighted by Crippen LogP contribution is -2.24. The summed E-state index contributed by atoms with van der Waals surface area (Å²) in [6.45, 7) is -0.144. The van der Waals surface area contributed by atoms with E-state index < -0.39 is 30.8 Å². The molecule has 3 aromatic rings. The van der Waals surface area contributed by atoms with Crippen LogP contribution in [-0.2, 0) is 24.9 Å². The van der Waals surface area contributed by atoms with Crippen molar-refractivity contribution in [3.05, 3.63) is 57.0 Å². The molecule has 1 unspecified atom stereocenters. The molecule has 34 heavy (non-hydrogen) atoms. The smallest absolute Gasteiger partial charge is 0.229 e. The number of hydrogen-bond acceptors (Lipinski definition) is 10. The molecule has 1 N–H and O–H groups in total. The van der Waals surface area contributed by atoms with Crippen molar-refractivity contribution in [3.8, 4) is 11.8 Å². The second kappa shape index (κ2) is 12.4. The number of benzene rings is 1. The molecule has 0 saturated carbocycles. The Bertz CT molecular complexity index is 1350. The van der Waals surface area contributed by atoms with Crippen LogP contribution in [0.2, 0.25) is 0 Å². The van der Waals surface area contributed by atoms with Gasteiger partial charge in [-0.1, -0.05) is 9.64 Å². The normalized spacial score (nSPS) is 11.7. The predicted molar refractivity (Wildman–Crippen MR) is 130 cm³/mol. The first-order valence-electron chi connectivity index (χ1n) is 9.40. The molecule has 178 valence electrons. The number of hydrogen-bond donors (Lipinski definition) is 1. The van der Waals surface area contributed by atoms with Crippen LogP contribution in [0.1, 0.15) is 16.9 Å². The van der Waals surface area contributed by atoms with E-state index in [9.17, 15) is 17.4 Å². The molecule has 3 rings (SSSR count). The van der Waals surface area contributed by atoms with E-state index >= 15 is 0 Å². The van der Waals surface area contributed by atoms with Crippen LogP contribution < -0.4 is 9.25 Å². The highest BCUT2D eigenvalue weighted by Crippen LogP contribution is 2.37. The first-order chi connectivity index (χ1) is 16.3. The van der Waals surface area contributed by atoms with E-state index in [1.807, 2.05) is 6.07 Å². The second-order valence-electron chi connectivity index (χ2n) is 6.36. The van der Waals surface area contributed by atoms with Gasteiger partial charge in [0, 0.05) is 42.1 Å². The van der Waals surface area contributed by atoms with Crippen molar-refractivity contribution in [1.29, 1.82) is 5.26 Å². The average Bonchev–Trinajstić information content (AvgIpc) is 3.36. The van der Waals surface area contributed by atoms with Crippen LogP contribution in [0.15, 0.2) is 39.7 Å². The summed E-state index contributed by atoms with van der Waals surface area (Å²) in [7, 11) is -6.67. The highest BCUT2D eigenvalue weighted by Gasteiger charge is 2.26. The van der Waals surface area contributed by atoms with Crippen LogP contribution in [0.4, 0.5) is 4.39 Å². The number of nitrogens with one attached hydrogen (secondary N) is 1. The SMILES string of the molecule is N#Cc1ccc(O[P+](=O)OCNS(=O)(=O)c2cc3sc(CSCCCN=[N+]=[N-])cc3s2)cc1F. The van der Waals surface area contributed by atoms with E-state index in [1.54, 1.807) is 23.9 Å². The Balaban J connectivity index is 1.48. The molecule has 0 aliphatic heterocycles. The van der Waals surface area contributed by atoms with Crippen LogP contribution in [0.5, 0.6) is 5.75 Å². The zero-order chi connectivity index (χ0) is 24.6.